The van der Waals surface area contributed by atoms with E-state index in [1.165, 1.54) is 17.5 Å². The van der Waals surface area contributed by atoms with Crippen molar-refractivity contribution in [3.63, 3.8) is 0 Å². The van der Waals surface area contributed by atoms with Crippen molar-refractivity contribution in [2.75, 3.05) is 13.1 Å². The summed E-state index contributed by atoms with van der Waals surface area (Å²) in [6, 6.07) is 17.1. The molecule has 4 aliphatic rings. The number of H-pyrrole nitrogens is 1. The van der Waals surface area contributed by atoms with Gasteiger partial charge in [0.05, 0.1) is 17.0 Å². The van der Waals surface area contributed by atoms with E-state index in [4.69, 9.17) is 4.74 Å². The maximum atomic E-state index is 12.8. The van der Waals surface area contributed by atoms with Crippen molar-refractivity contribution in [1.29, 1.82) is 0 Å². The average molecular weight is 458 g/mol. The zero-order valence-corrected chi connectivity index (χ0v) is 19.9. The second kappa shape index (κ2) is 9.18. The minimum atomic E-state index is -0.335. The van der Waals surface area contributed by atoms with E-state index in [9.17, 15) is 4.79 Å². The molecule has 0 amide bonds. The molecule has 3 atom stereocenters. The molecule has 1 aromatic heterocycles. The minimum Gasteiger partial charge on any atom is -0.458 e. The lowest BCUT2D eigenvalue weighted by molar-refractivity contribution is -0.171. The molecule has 0 unspecified atom stereocenters. The van der Waals surface area contributed by atoms with Gasteiger partial charge in [-0.05, 0) is 87.2 Å². The smallest absolute Gasteiger partial charge is 0.309 e. The van der Waals surface area contributed by atoms with Gasteiger partial charge in [-0.3, -0.25) is 4.79 Å². The molecule has 0 spiro atoms. The van der Waals surface area contributed by atoms with Gasteiger partial charge in [0.15, 0.2) is 0 Å². The topological polar surface area (TPSA) is 67.0 Å². The zero-order valence-electron chi connectivity index (χ0n) is 19.9. The largest absolute Gasteiger partial charge is 0.458 e. The lowest BCUT2D eigenvalue weighted by Gasteiger charge is -2.52. The molecule has 1 heterocycles. The van der Waals surface area contributed by atoms with Crippen LogP contribution in [0.4, 0.5) is 0 Å². The fourth-order valence-corrected chi connectivity index (χ4v) is 6.33. The number of hydrogen-bond donors (Lipinski definition) is 2. The first-order chi connectivity index (χ1) is 16.7. The van der Waals surface area contributed by atoms with E-state index in [1.54, 1.807) is 0 Å². The monoisotopic (exact) mass is 457 g/mol. The van der Waals surface area contributed by atoms with E-state index < -0.39 is 0 Å². The number of hydrogen-bond acceptors (Lipinski definition) is 4. The summed E-state index contributed by atoms with van der Waals surface area (Å²) in [6.45, 7) is 1.88. The summed E-state index contributed by atoms with van der Waals surface area (Å²) < 4.78 is 6.42. The molecule has 2 aromatic carbocycles. The van der Waals surface area contributed by atoms with Crippen LogP contribution in [-0.2, 0) is 16.0 Å². The molecule has 5 heteroatoms. The standard InChI is InChI=1S/C29H35N3O2/c33-28(20-12-13-20)34-29(19-21-14-15-24(29)23-8-2-1-7-22(21)23)16-18-30-17-6-5-11-27-31-25-9-3-4-10-26(25)32-27/h1-4,7-10,20-21,24,30H,5-6,11-19H2,(H,31,32)/t21-,24-,29+/m1/s1. The Morgan fingerprint density at radius 3 is 2.68 bits per heavy atom. The van der Waals surface area contributed by atoms with Crippen molar-refractivity contribution in [3.05, 3.63) is 65.5 Å². The van der Waals surface area contributed by atoms with Crippen LogP contribution in [0, 0.1) is 5.92 Å². The molecule has 0 radical (unpaired) electrons. The predicted molar refractivity (Wildman–Crippen MR) is 134 cm³/mol. The van der Waals surface area contributed by atoms with Crippen molar-refractivity contribution >= 4 is 17.0 Å². The van der Waals surface area contributed by atoms with Crippen molar-refractivity contribution in [2.24, 2.45) is 5.92 Å². The maximum absolute atomic E-state index is 12.8. The van der Waals surface area contributed by atoms with Gasteiger partial charge in [-0.1, -0.05) is 36.4 Å². The highest BCUT2D eigenvalue weighted by atomic mass is 16.6. The molecule has 2 bridgehead atoms. The Morgan fingerprint density at radius 1 is 1.00 bits per heavy atom. The number of fused-ring (bicyclic) bond motifs is 3. The van der Waals surface area contributed by atoms with Gasteiger partial charge in [0.2, 0.25) is 0 Å². The lowest BCUT2D eigenvalue weighted by atomic mass is 9.58. The van der Waals surface area contributed by atoms with Gasteiger partial charge in [-0.25, -0.2) is 4.98 Å². The van der Waals surface area contributed by atoms with Crippen LogP contribution in [0.15, 0.2) is 48.5 Å². The molecule has 7 rings (SSSR count). The summed E-state index contributed by atoms with van der Waals surface area (Å²) >= 11 is 0. The third kappa shape index (κ3) is 4.26. The fraction of sp³-hybridized carbons (Fsp3) is 0.517. The van der Waals surface area contributed by atoms with Gasteiger partial charge in [0.25, 0.3) is 0 Å². The molecule has 2 fully saturated rings. The van der Waals surface area contributed by atoms with Crippen molar-refractivity contribution < 1.29 is 9.53 Å². The summed E-state index contributed by atoms with van der Waals surface area (Å²) in [6.07, 6.45) is 9.45. The number of para-hydroxylation sites is 2. The molecule has 5 nitrogen and oxygen atoms in total. The molecule has 178 valence electrons. The first-order valence-corrected chi connectivity index (χ1v) is 13.2. The number of esters is 1. The number of imidazole rings is 1. The Morgan fingerprint density at radius 2 is 1.82 bits per heavy atom. The molecular weight excluding hydrogens is 422 g/mol. The molecule has 2 N–H and O–H groups in total. The Hall–Kier alpha value is -2.66. The molecule has 2 saturated carbocycles. The van der Waals surface area contributed by atoms with Gasteiger partial charge < -0.3 is 15.0 Å². The lowest BCUT2D eigenvalue weighted by Crippen LogP contribution is -2.50. The predicted octanol–water partition coefficient (Wildman–Crippen LogP) is 5.62. The van der Waals surface area contributed by atoms with Gasteiger partial charge in [-0.2, -0.15) is 0 Å². The number of unbranched alkanes of at least 4 members (excludes halogenated alkanes) is 1. The van der Waals surface area contributed by atoms with Crippen molar-refractivity contribution in [1.82, 2.24) is 15.3 Å². The Labute approximate surface area is 201 Å². The first kappa shape index (κ1) is 21.8. The SMILES string of the molecule is O=C(O[C@@]1(CCNCCCCc2nc3ccccc3[nH]2)C[C@H]2CC[C@@H]1c1ccccc12)C1CC1. The van der Waals surface area contributed by atoms with E-state index >= 15 is 0 Å². The van der Waals surface area contributed by atoms with Gasteiger partial charge in [-0.15, -0.1) is 0 Å². The number of nitrogens with zero attached hydrogens (tertiary/aromatic N) is 1. The van der Waals surface area contributed by atoms with E-state index in [0.717, 1.165) is 81.3 Å². The average Bonchev–Trinajstić information content (AvgIpc) is 3.64. The fourth-order valence-electron chi connectivity index (χ4n) is 6.33. The number of carbonyl (C=O) groups excluding carboxylic acids is 1. The summed E-state index contributed by atoms with van der Waals surface area (Å²) in [5, 5.41) is 3.65. The Bertz CT molecular complexity index is 1130. The third-order valence-electron chi connectivity index (χ3n) is 8.24. The molecule has 34 heavy (non-hydrogen) atoms. The number of rotatable bonds is 10. The normalized spacial score (nSPS) is 25.4. The number of nitrogens with one attached hydrogen (secondary N) is 2. The quantitative estimate of drug-likeness (QED) is 0.306. The van der Waals surface area contributed by atoms with Crippen LogP contribution in [0.5, 0.6) is 0 Å². The van der Waals surface area contributed by atoms with Gasteiger partial charge in [0, 0.05) is 18.8 Å². The van der Waals surface area contributed by atoms with Crippen LogP contribution in [0.25, 0.3) is 11.0 Å². The first-order valence-electron chi connectivity index (χ1n) is 13.2. The van der Waals surface area contributed by atoms with E-state index in [0.29, 0.717) is 11.8 Å². The second-order valence-corrected chi connectivity index (χ2v) is 10.6. The number of aromatic amines is 1. The zero-order chi connectivity index (χ0) is 23.0. The second-order valence-electron chi connectivity index (χ2n) is 10.6. The van der Waals surface area contributed by atoms with E-state index in [-0.39, 0.29) is 17.5 Å². The maximum Gasteiger partial charge on any atom is 0.309 e. The van der Waals surface area contributed by atoms with Crippen molar-refractivity contribution in [3.8, 4) is 0 Å². The minimum absolute atomic E-state index is 0.0517. The van der Waals surface area contributed by atoms with E-state index in [2.05, 4.69) is 51.7 Å². The highest BCUT2D eigenvalue weighted by Crippen LogP contribution is 2.57. The number of aromatic nitrogens is 2. The van der Waals surface area contributed by atoms with Crippen LogP contribution < -0.4 is 5.32 Å². The van der Waals surface area contributed by atoms with Crippen LogP contribution in [0.3, 0.4) is 0 Å². The number of carbonyl (C=O) groups is 1. The summed E-state index contributed by atoms with van der Waals surface area (Å²) in [5.41, 5.74) is 4.75. The Balaban J connectivity index is 1.03. The highest BCUT2D eigenvalue weighted by Gasteiger charge is 2.53. The summed E-state index contributed by atoms with van der Waals surface area (Å²) in [5.74, 6) is 2.14. The Kier molecular flexibility index (Phi) is 5.90. The highest BCUT2D eigenvalue weighted by molar-refractivity contribution is 5.76. The van der Waals surface area contributed by atoms with Crippen LogP contribution in [0.1, 0.15) is 80.2 Å². The van der Waals surface area contributed by atoms with Crippen LogP contribution in [0.2, 0.25) is 0 Å². The van der Waals surface area contributed by atoms with Gasteiger partial charge >= 0.3 is 5.97 Å². The summed E-state index contributed by atoms with van der Waals surface area (Å²) in [7, 11) is 0. The number of ether oxygens (including phenoxy) is 1. The molecule has 3 aromatic rings. The van der Waals surface area contributed by atoms with Crippen molar-refractivity contribution in [2.45, 2.75) is 75.2 Å². The molecule has 0 saturated heterocycles. The number of aryl methyl sites for hydroxylation is 1. The van der Waals surface area contributed by atoms with Gasteiger partial charge in [0.1, 0.15) is 11.4 Å². The summed E-state index contributed by atoms with van der Waals surface area (Å²) in [4.78, 5) is 20.9. The van der Waals surface area contributed by atoms with E-state index in [1.807, 2.05) is 12.1 Å². The van der Waals surface area contributed by atoms with Crippen LogP contribution in [-0.4, -0.2) is 34.6 Å². The molecule has 4 aliphatic carbocycles. The van der Waals surface area contributed by atoms with Crippen LogP contribution >= 0.6 is 0 Å². The molecule has 0 aliphatic heterocycles. The number of benzene rings is 2. The molecular formula is C29H35N3O2. The third-order valence-corrected chi connectivity index (χ3v) is 8.24.